The van der Waals surface area contributed by atoms with Crippen LogP contribution < -0.4 is 10.8 Å². The summed E-state index contributed by atoms with van der Waals surface area (Å²) in [6.07, 6.45) is 0.454. The first-order chi connectivity index (χ1) is 22.8. The van der Waals surface area contributed by atoms with E-state index in [4.69, 9.17) is 9.26 Å². The number of carbonyl (C=O) groups is 3. The first-order valence-corrected chi connectivity index (χ1v) is 18.6. The van der Waals surface area contributed by atoms with E-state index < -0.39 is 38.2 Å². The van der Waals surface area contributed by atoms with Crippen LogP contribution in [0.2, 0.25) is 10.1 Å². The van der Waals surface area contributed by atoms with E-state index in [9.17, 15) is 14.4 Å². The van der Waals surface area contributed by atoms with Crippen LogP contribution in [0.5, 0.6) is 0 Å². The molecule has 0 radical (unpaired) electrons. The summed E-state index contributed by atoms with van der Waals surface area (Å²) in [5, 5.41) is 2.33. The van der Waals surface area contributed by atoms with Gasteiger partial charge in [-0.15, -0.1) is 5.48 Å². The third-order valence-electron chi connectivity index (χ3n) is 8.78. The Morgan fingerprint density at radius 2 is 1.02 bits per heavy atom. The maximum atomic E-state index is 14.5. The molecule has 252 valence electrons. The molecule has 0 spiro atoms. The lowest BCUT2D eigenvalue weighted by molar-refractivity contribution is -0.141. The van der Waals surface area contributed by atoms with Crippen molar-refractivity contribution >= 4 is 26.2 Å². The molecule has 48 heavy (non-hydrogen) atoms. The lowest BCUT2D eigenvalue weighted by Gasteiger charge is -2.50. The highest BCUT2D eigenvalue weighted by Gasteiger charge is 2.58. The number of amides is 1. The molecule has 2 atom stereocenters. The van der Waals surface area contributed by atoms with E-state index in [0.717, 1.165) is 16.7 Å². The minimum Gasteiger partial charge on any atom is -0.516 e. The molecular weight excluding hydrogens is 617 g/mol. The predicted octanol–water partition coefficient (Wildman–Crippen LogP) is 7.56. The first-order valence-electron chi connectivity index (χ1n) is 16.5. The van der Waals surface area contributed by atoms with E-state index in [1.807, 2.05) is 78.9 Å². The van der Waals surface area contributed by atoms with Crippen LogP contribution in [0.3, 0.4) is 0 Å². The average molecular weight is 665 g/mol. The zero-order chi connectivity index (χ0) is 34.8. The number of benzene rings is 4. The Bertz CT molecular complexity index is 1600. The molecule has 0 saturated carbocycles. The van der Waals surface area contributed by atoms with Gasteiger partial charge in [0, 0.05) is 12.5 Å². The Morgan fingerprint density at radius 1 is 0.604 bits per heavy atom. The molecule has 8 heteroatoms. The highest BCUT2D eigenvalue weighted by molar-refractivity contribution is 6.80. The summed E-state index contributed by atoms with van der Waals surface area (Å²) < 4.78 is 6.84. The lowest BCUT2D eigenvalue weighted by atomic mass is 10.0. The number of carbonyl (C=O) groups excluding carboxylic acids is 3. The van der Waals surface area contributed by atoms with E-state index in [1.165, 1.54) is 0 Å². The van der Waals surface area contributed by atoms with Crippen LogP contribution in [-0.2, 0) is 37.7 Å². The molecule has 4 aromatic carbocycles. The number of rotatable bonds is 13. The Kier molecular flexibility index (Phi) is 12.1. The predicted molar refractivity (Wildman–Crippen MR) is 192 cm³/mol. The summed E-state index contributed by atoms with van der Waals surface area (Å²) in [4.78, 5) is 46.8. The number of hydroxylamine groups is 1. The molecule has 0 aliphatic carbocycles. The van der Waals surface area contributed by atoms with Gasteiger partial charge in [0.15, 0.2) is 0 Å². The summed E-state index contributed by atoms with van der Waals surface area (Å²) >= 11 is 0. The van der Waals surface area contributed by atoms with Crippen molar-refractivity contribution in [2.75, 3.05) is 0 Å². The molecule has 0 aliphatic heterocycles. The molecule has 0 heterocycles. The van der Waals surface area contributed by atoms with Crippen molar-refractivity contribution in [2.45, 2.75) is 82.6 Å². The van der Waals surface area contributed by atoms with E-state index in [2.05, 4.69) is 64.5 Å². The van der Waals surface area contributed by atoms with Crippen LogP contribution >= 0.6 is 0 Å². The third-order valence-corrected chi connectivity index (χ3v) is 15.1. The molecule has 4 aromatic rings. The van der Waals surface area contributed by atoms with E-state index in [0.29, 0.717) is 11.6 Å². The number of nitrogens with one attached hydrogen (secondary N) is 2. The second-order valence-electron chi connectivity index (χ2n) is 14.3. The average Bonchev–Trinajstić information content (AvgIpc) is 3.06. The summed E-state index contributed by atoms with van der Waals surface area (Å²) in [7, 11) is -2.98. The van der Waals surface area contributed by atoms with Crippen molar-refractivity contribution in [2.24, 2.45) is 0 Å². The van der Waals surface area contributed by atoms with E-state index in [1.54, 1.807) is 30.3 Å². The Morgan fingerprint density at radius 3 is 1.48 bits per heavy atom. The summed E-state index contributed by atoms with van der Waals surface area (Å²) in [5.74, 6) is -1.58. The Hall–Kier alpha value is -4.53. The van der Waals surface area contributed by atoms with Crippen LogP contribution in [-0.4, -0.2) is 38.2 Å². The molecule has 0 aromatic heterocycles. The van der Waals surface area contributed by atoms with Gasteiger partial charge in [0.05, 0.1) is 5.56 Å². The zero-order valence-corrected chi connectivity index (χ0v) is 29.9. The third kappa shape index (κ3) is 9.52. The standard InChI is InChI=1S/C40H48N2O5Si/c1-39(2,3)48(40(4,5)6,29-32-23-15-9-16-24-32)47-38(45)35(28-31-21-13-8-14-22-31)41-36(43)34(27-30-19-11-7-12-20-30)42-46-37(44)33-25-17-10-18-26-33/h7-26,34-35,42H,27-29H2,1-6H3,(H,41,43)/t34-,35-/m0/s1. The van der Waals surface area contributed by atoms with Crippen LogP contribution in [0.25, 0.3) is 0 Å². The van der Waals surface area contributed by atoms with Gasteiger partial charge in [-0.1, -0.05) is 151 Å². The topological polar surface area (TPSA) is 93.7 Å². The molecular formula is C40H48N2O5Si. The van der Waals surface area contributed by atoms with Crippen LogP contribution in [0, 0.1) is 0 Å². The largest absolute Gasteiger partial charge is 0.516 e. The van der Waals surface area contributed by atoms with Crippen LogP contribution in [0.4, 0.5) is 0 Å². The second-order valence-corrected chi connectivity index (χ2v) is 19.5. The van der Waals surface area contributed by atoms with E-state index in [-0.39, 0.29) is 22.9 Å². The van der Waals surface area contributed by atoms with Gasteiger partial charge < -0.3 is 14.6 Å². The molecule has 1 amide bonds. The normalized spacial score (nSPS) is 13.2. The fraction of sp³-hybridized carbons (Fsp3) is 0.325. The fourth-order valence-corrected chi connectivity index (χ4v) is 11.5. The van der Waals surface area contributed by atoms with Crippen molar-refractivity contribution in [3.05, 3.63) is 144 Å². The minimum atomic E-state index is -2.98. The molecule has 0 fully saturated rings. The van der Waals surface area contributed by atoms with Crippen molar-refractivity contribution < 1.29 is 23.6 Å². The monoisotopic (exact) mass is 664 g/mol. The smallest absolute Gasteiger partial charge is 0.356 e. The molecule has 2 N–H and O–H groups in total. The van der Waals surface area contributed by atoms with Gasteiger partial charge in [0.25, 0.3) is 8.32 Å². The van der Waals surface area contributed by atoms with Crippen molar-refractivity contribution in [1.82, 2.24) is 10.8 Å². The molecule has 0 unspecified atom stereocenters. The van der Waals surface area contributed by atoms with Gasteiger partial charge in [-0.3, -0.25) is 9.59 Å². The number of hydrogen-bond donors (Lipinski definition) is 2. The lowest BCUT2D eigenvalue weighted by Crippen LogP contribution is -2.61. The highest BCUT2D eigenvalue weighted by atomic mass is 28.4. The number of hydrogen-bond acceptors (Lipinski definition) is 6. The van der Waals surface area contributed by atoms with Crippen molar-refractivity contribution in [1.29, 1.82) is 0 Å². The van der Waals surface area contributed by atoms with Gasteiger partial charge in [0.1, 0.15) is 12.1 Å². The van der Waals surface area contributed by atoms with Gasteiger partial charge in [-0.05, 0) is 45.3 Å². The fourth-order valence-electron chi connectivity index (χ4n) is 6.23. The van der Waals surface area contributed by atoms with Gasteiger partial charge in [0.2, 0.25) is 5.91 Å². The maximum absolute atomic E-state index is 14.5. The minimum absolute atomic E-state index is 0.221. The van der Waals surface area contributed by atoms with Crippen molar-refractivity contribution in [3.8, 4) is 0 Å². The molecule has 4 rings (SSSR count). The Labute approximate surface area is 286 Å². The van der Waals surface area contributed by atoms with Gasteiger partial charge >= 0.3 is 11.9 Å². The van der Waals surface area contributed by atoms with Crippen molar-refractivity contribution in [3.63, 3.8) is 0 Å². The Balaban J connectivity index is 1.65. The maximum Gasteiger partial charge on any atom is 0.356 e. The highest BCUT2D eigenvalue weighted by Crippen LogP contribution is 2.53. The van der Waals surface area contributed by atoms with E-state index >= 15 is 0 Å². The summed E-state index contributed by atoms with van der Waals surface area (Å²) in [6.45, 7) is 12.9. The molecule has 0 bridgehead atoms. The van der Waals surface area contributed by atoms with Crippen LogP contribution in [0.1, 0.15) is 68.6 Å². The molecule has 7 nitrogen and oxygen atoms in total. The zero-order valence-electron chi connectivity index (χ0n) is 28.9. The second kappa shape index (κ2) is 16.0. The quantitative estimate of drug-likeness (QED) is 0.113. The van der Waals surface area contributed by atoms with Gasteiger partial charge in [-0.2, -0.15) is 0 Å². The summed E-state index contributed by atoms with van der Waals surface area (Å²) in [6, 6.07) is 36.4. The molecule has 0 aliphatic rings. The van der Waals surface area contributed by atoms with Crippen LogP contribution in [0.15, 0.2) is 121 Å². The SMILES string of the molecule is CC(C)(C)[Si](Cc1ccccc1)(OC(=O)[C@H](Cc1ccccc1)NC(=O)[C@H](Cc1ccccc1)NOC(=O)c1ccccc1)C(C)(C)C. The van der Waals surface area contributed by atoms with Gasteiger partial charge in [-0.25, -0.2) is 4.79 Å². The first kappa shape index (κ1) is 36.3. The molecule has 0 saturated heterocycles. The summed E-state index contributed by atoms with van der Waals surface area (Å²) in [5.41, 5.74) is 5.89.